The van der Waals surface area contributed by atoms with Gasteiger partial charge in [-0.2, -0.15) is 0 Å². The van der Waals surface area contributed by atoms with Gasteiger partial charge in [0.2, 0.25) is 0 Å². The number of aromatic amines is 1. The molecule has 78 valence electrons. The van der Waals surface area contributed by atoms with Gasteiger partial charge in [-0.3, -0.25) is 0 Å². The Kier molecular flexibility index (Phi) is 2.00. The van der Waals surface area contributed by atoms with Crippen molar-refractivity contribution < 1.29 is 19.7 Å². The van der Waals surface area contributed by atoms with Crippen molar-refractivity contribution in [1.29, 1.82) is 0 Å². The zero-order valence-electron chi connectivity index (χ0n) is 7.94. The van der Waals surface area contributed by atoms with Gasteiger partial charge in [0.1, 0.15) is 0 Å². The average Bonchev–Trinajstić information content (AvgIpc) is 2.71. The summed E-state index contributed by atoms with van der Waals surface area (Å²) < 4.78 is 4.56. The number of carbonyl (C=O) groups excluding carboxylic acids is 1. The molecule has 0 amide bonds. The smallest absolute Gasteiger partial charge is 0.340 e. The van der Waals surface area contributed by atoms with E-state index in [0.29, 0.717) is 10.9 Å². The Morgan fingerprint density at radius 3 is 2.87 bits per heavy atom. The molecule has 0 saturated carbocycles. The fourth-order valence-corrected chi connectivity index (χ4v) is 1.48. The number of nitrogens with one attached hydrogen (secondary N) is 1. The summed E-state index contributed by atoms with van der Waals surface area (Å²) in [7, 11) is 1.25. The molecule has 1 aromatic heterocycles. The number of hydrogen-bond donors (Lipinski definition) is 3. The topological polar surface area (TPSA) is 82.6 Å². The number of ether oxygens (including phenoxy) is 1. The first kappa shape index (κ1) is 9.39. The summed E-state index contributed by atoms with van der Waals surface area (Å²) in [4.78, 5) is 14.2. The van der Waals surface area contributed by atoms with Crippen LogP contribution in [0, 0.1) is 0 Å². The molecule has 0 unspecified atom stereocenters. The lowest BCUT2D eigenvalue weighted by Gasteiger charge is -2.04. The van der Waals surface area contributed by atoms with Crippen LogP contribution in [0.15, 0.2) is 18.3 Å². The Morgan fingerprint density at radius 1 is 1.47 bits per heavy atom. The molecule has 0 aliphatic carbocycles. The minimum Gasteiger partial charge on any atom is -0.504 e. The summed E-state index contributed by atoms with van der Waals surface area (Å²) in [5.74, 6) is -1.17. The lowest BCUT2D eigenvalue weighted by molar-refractivity contribution is 0.0602. The van der Waals surface area contributed by atoms with E-state index in [2.05, 4.69) is 9.72 Å². The van der Waals surface area contributed by atoms with Crippen LogP contribution in [-0.2, 0) is 4.74 Å². The molecule has 5 heteroatoms. The third kappa shape index (κ3) is 1.28. The Bertz CT molecular complexity index is 529. The standard InChI is InChI=1S/C10H9NO4/c1-15-10(14)6-4-7(12)9(13)5-2-3-11-8(5)6/h2-4,11-13H,1H3. The third-order valence-corrected chi connectivity index (χ3v) is 2.20. The van der Waals surface area contributed by atoms with Crippen molar-refractivity contribution in [3.8, 4) is 11.5 Å². The number of H-pyrrole nitrogens is 1. The molecule has 5 nitrogen and oxygen atoms in total. The van der Waals surface area contributed by atoms with Gasteiger partial charge in [-0.1, -0.05) is 0 Å². The number of aromatic nitrogens is 1. The molecule has 0 fully saturated rings. The molecule has 0 atom stereocenters. The van der Waals surface area contributed by atoms with E-state index in [-0.39, 0.29) is 17.1 Å². The van der Waals surface area contributed by atoms with Gasteiger partial charge in [-0.15, -0.1) is 0 Å². The molecule has 1 heterocycles. The molecule has 15 heavy (non-hydrogen) atoms. The van der Waals surface area contributed by atoms with E-state index in [1.165, 1.54) is 13.2 Å². The molecule has 3 N–H and O–H groups in total. The second kappa shape index (κ2) is 3.20. The number of benzene rings is 1. The van der Waals surface area contributed by atoms with Crippen LogP contribution in [0.5, 0.6) is 11.5 Å². The molecule has 0 spiro atoms. The number of carbonyl (C=O) groups is 1. The van der Waals surface area contributed by atoms with Gasteiger partial charge in [0.25, 0.3) is 0 Å². The molecule has 0 saturated heterocycles. The fraction of sp³-hybridized carbons (Fsp3) is 0.100. The first-order valence-corrected chi connectivity index (χ1v) is 4.25. The molecular formula is C10H9NO4. The van der Waals surface area contributed by atoms with Crippen LogP contribution >= 0.6 is 0 Å². The van der Waals surface area contributed by atoms with Gasteiger partial charge >= 0.3 is 5.97 Å². The van der Waals surface area contributed by atoms with Crippen molar-refractivity contribution in [1.82, 2.24) is 4.98 Å². The second-order valence-electron chi connectivity index (χ2n) is 3.05. The highest BCUT2D eigenvalue weighted by molar-refractivity contribution is 6.05. The maximum Gasteiger partial charge on any atom is 0.340 e. The molecule has 0 radical (unpaired) electrons. The van der Waals surface area contributed by atoms with Gasteiger partial charge in [0, 0.05) is 17.6 Å². The molecule has 1 aromatic carbocycles. The first-order valence-electron chi connectivity index (χ1n) is 4.25. The van der Waals surface area contributed by atoms with Crippen LogP contribution in [0.4, 0.5) is 0 Å². The highest BCUT2D eigenvalue weighted by atomic mass is 16.5. The number of aromatic hydroxyl groups is 2. The number of phenols is 2. The maximum atomic E-state index is 11.4. The van der Waals surface area contributed by atoms with Crippen molar-refractivity contribution in [3.63, 3.8) is 0 Å². The van der Waals surface area contributed by atoms with Crippen molar-refractivity contribution in [3.05, 3.63) is 23.9 Å². The summed E-state index contributed by atoms with van der Waals surface area (Å²) in [6, 6.07) is 2.73. The number of methoxy groups -OCH3 is 1. The molecular weight excluding hydrogens is 198 g/mol. The number of phenolic OH excluding ortho intramolecular Hbond substituents is 2. The van der Waals surface area contributed by atoms with E-state index in [9.17, 15) is 15.0 Å². The minimum absolute atomic E-state index is 0.188. The number of esters is 1. The van der Waals surface area contributed by atoms with Crippen LogP contribution in [0.1, 0.15) is 10.4 Å². The largest absolute Gasteiger partial charge is 0.504 e. The van der Waals surface area contributed by atoms with Crippen molar-refractivity contribution in [2.45, 2.75) is 0 Å². The average molecular weight is 207 g/mol. The van der Waals surface area contributed by atoms with Gasteiger partial charge in [0.05, 0.1) is 18.2 Å². The molecule has 0 aliphatic heterocycles. The van der Waals surface area contributed by atoms with E-state index >= 15 is 0 Å². The predicted octanol–water partition coefficient (Wildman–Crippen LogP) is 1.37. The summed E-state index contributed by atoms with van der Waals surface area (Å²) >= 11 is 0. The lowest BCUT2D eigenvalue weighted by atomic mass is 10.1. The quantitative estimate of drug-likeness (QED) is 0.487. The molecule has 2 rings (SSSR count). The summed E-state index contributed by atoms with van der Waals surface area (Å²) in [5.41, 5.74) is 0.630. The highest BCUT2D eigenvalue weighted by Gasteiger charge is 2.16. The van der Waals surface area contributed by atoms with Gasteiger partial charge in [-0.05, 0) is 6.07 Å². The normalized spacial score (nSPS) is 10.5. The fourth-order valence-electron chi connectivity index (χ4n) is 1.48. The zero-order chi connectivity index (χ0) is 11.0. The zero-order valence-corrected chi connectivity index (χ0v) is 7.94. The SMILES string of the molecule is COC(=O)c1cc(O)c(O)c2cc[nH]c12. The summed E-state index contributed by atoms with van der Waals surface area (Å²) in [6.45, 7) is 0. The van der Waals surface area contributed by atoms with E-state index < -0.39 is 5.97 Å². The Labute approximate surface area is 84.9 Å². The number of hydrogen-bond acceptors (Lipinski definition) is 4. The van der Waals surface area contributed by atoms with Gasteiger partial charge in [-0.25, -0.2) is 4.79 Å². The van der Waals surface area contributed by atoms with Crippen molar-refractivity contribution >= 4 is 16.9 Å². The van der Waals surface area contributed by atoms with Gasteiger partial charge in [0.15, 0.2) is 11.5 Å². The van der Waals surface area contributed by atoms with Crippen LogP contribution in [-0.4, -0.2) is 28.3 Å². The second-order valence-corrected chi connectivity index (χ2v) is 3.05. The molecule has 0 bridgehead atoms. The highest BCUT2D eigenvalue weighted by Crippen LogP contribution is 2.35. The van der Waals surface area contributed by atoms with Crippen molar-refractivity contribution in [2.75, 3.05) is 7.11 Å². The van der Waals surface area contributed by atoms with E-state index in [1.54, 1.807) is 12.3 Å². The van der Waals surface area contributed by atoms with Crippen LogP contribution in [0.2, 0.25) is 0 Å². The first-order chi connectivity index (χ1) is 7.15. The maximum absolute atomic E-state index is 11.4. The van der Waals surface area contributed by atoms with Crippen LogP contribution < -0.4 is 0 Å². The monoisotopic (exact) mass is 207 g/mol. The van der Waals surface area contributed by atoms with E-state index in [4.69, 9.17) is 0 Å². The van der Waals surface area contributed by atoms with E-state index in [0.717, 1.165) is 0 Å². The Hall–Kier alpha value is -2.17. The predicted molar refractivity (Wildman–Crippen MR) is 53.0 cm³/mol. The number of rotatable bonds is 1. The Morgan fingerprint density at radius 2 is 2.20 bits per heavy atom. The Balaban J connectivity index is 2.80. The lowest BCUT2D eigenvalue weighted by Crippen LogP contribution is -2.01. The van der Waals surface area contributed by atoms with E-state index in [1.807, 2.05) is 0 Å². The molecule has 0 aliphatic rings. The van der Waals surface area contributed by atoms with Crippen LogP contribution in [0.3, 0.4) is 0 Å². The van der Waals surface area contributed by atoms with Crippen LogP contribution in [0.25, 0.3) is 10.9 Å². The number of fused-ring (bicyclic) bond motifs is 1. The van der Waals surface area contributed by atoms with Gasteiger partial charge < -0.3 is 19.9 Å². The van der Waals surface area contributed by atoms with Crippen molar-refractivity contribution in [2.24, 2.45) is 0 Å². The summed E-state index contributed by atoms with van der Waals surface area (Å²) in [5, 5.41) is 19.3. The third-order valence-electron chi connectivity index (χ3n) is 2.20. The minimum atomic E-state index is -0.572. The summed E-state index contributed by atoms with van der Waals surface area (Å²) in [6.07, 6.45) is 1.57. The molecule has 2 aromatic rings.